The average Bonchev–Trinajstić information content (AvgIpc) is 2.55. The fraction of sp³-hybridized carbons (Fsp3) is 0.944. The van der Waals surface area contributed by atoms with E-state index in [-0.39, 0.29) is 11.3 Å². The Labute approximate surface area is 135 Å². The van der Waals surface area contributed by atoms with E-state index in [1.165, 1.54) is 32.1 Å². The summed E-state index contributed by atoms with van der Waals surface area (Å²) < 4.78 is 5.41. The molecular formula is C18H34N2O2. The molecule has 2 rings (SSSR count). The van der Waals surface area contributed by atoms with Gasteiger partial charge in [-0.25, -0.2) is 0 Å². The van der Waals surface area contributed by atoms with Gasteiger partial charge in [0.1, 0.15) is 0 Å². The molecule has 0 aromatic heterocycles. The fourth-order valence-corrected chi connectivity index (χ4v) is 4.16. The number of hydrogen-bond donors (Lipinski definition) is 2. The summed E-state index contributed by atoms with van der Waals surface area (Å²) in [6, 6.07) is 0. The zero-order chi connectivity index (χ0) is 15.8. The number of amides is 1. The number of methoxy groups -OCH3 is 1. The molecule has 0 radical (unpaired) electrons. The summed E-state index contributed by atoms with van der Waals surface area (Å²) in [6.45, 7) is 5.81. The van der Waals surface area contributed by atoms with Gasteiger partial charge in [0.25, 0.3) is 0 Å². The highest BCUT2D eigenvalue weighted by Gasteiger charge is 2.32. The van der Waals surface area contributed by atoms with Crippen LogP contribution in [0.4, 0.5) is 0 Å². The van der Waals surface area contributed by atoms with E-state index in [2.05, 4.69) is 17.6 Å². The molecule has 1 aliphatic heterocycles. The first-order chi connectivity index (χ1) is 10.7. The number of rotatable bonds is 7. The van der Waals surface area contributed by atoms with Crippen LogP contribution >= 0.6 is 0 Å². The highest BCUT2D eigenvalue weighted by Crippen LogP contribution is 2.32. The van der Waals surface area contributed by atoms with E-state index in [1.807, 2.05) is 0 Å². The fourth-order valence-electron chi connectivity index (χ4n) is 4.16. The van der Waals surface area contributed by atoms with E-state index >= 15 is 0 Å². The molecule has 0 spiro atoms. The second kappa shape index (κ2) is 8.88. The third kappa shape index (κ3) is 5.24. The van der Waals surface area contributed by atoms with E-state index in [1.54, 1.807) is 7.11 Å². The lowest BCUT2D eigenvalue weighted by molar-refractivity contribution is -0.123. The SMILES string of the molecule is COCC1(CNC(=O)CC(C)C2CCCCC2)CCNCC1. The quantitative estimate of drug-likeness (QED) is 0.760. The molecule has 1 unspecified atom stereocenters. The second-order valence-electron chi connectivity index (χ2n) is 7.54. The van der Waals surface area contributed by atoms with Gasteiger partial charge in [0, 0.05) is 25.5 Å². The molecule has 2 N–H and O–H groups in total. The first-order valence-corrected chi connectivity index (χ1v) is 9.11. The van der Waals surface area contributed by atoms with E-state index in [9.17, 15) is 4.79 Å². The summed E-state index contributed by atoms with van der Waals surface area (Å²) in [5.41, 5.74) is 0.129. The molecule has 1 saturated heterocycles. The minimum absolute atomic E-state index is 0.129. The van der Waals surface area contributed by atoms with Gasteiger partial charge in [-0.15, -0.1) is 0 Å². The van der Waals surface area contributed by atoms with Crippen LogP contribution in [0.15, 0.2) is 0 Å². The van der Waals surface area contributed by atoms with Gasteiger partial charge in [0.05, 0.1) is 6.61 Å². The van der Waals surface area contributed by atoms with Gasteiger partial charge in [-0.2, -0.15) is 0 Å². The Bertz CT molecular complexity index is 328. The molecule has 22 heavy (non-hydrogen) atoms. The van der Waals surface area contributed by atoms with Crippen molar-refractivity contribution in [3.05, 3.63) is 0 Å². The smallest absolute Gasteiger partial charge is 0.220 e. The Morgan fingerprint density at radius 1 is 1.27 bits per heavy atom. The van der Waals surface area contributed by atoms with E-state index in [0.717, 1.165) is 45.0 Å². The molecule has 4 nitrogen and oxygen atoms in total. The van der Waals surface area contributed by atoms with Gasteiger partial charge in [-0.3, -0.25) is 4.79 Å². The summed E-state index contributed by atoms with van der Waals surface area (Å²) in [4.78, 5) is 12.3. The molecule has 1 saturated carbocycles. The predicted octanol–water partition coefficient (Wildman–Crippen LogP) is 2.73. The van der Waals surface area contributed by atoms with Crippen molar-refractivity contribution < 1.29 is 9.53 Å². The lowest BCUT2D eigenvalue weighted by Crippen LogP contribution is -2.47. The minimum Gasteiger partial charge on any atom is -0.384 e. The van der Waals surface area contributed by atoms with Crippen LogP contribution in [-0.2, 0) is 9.53 Å². The standard InChI is InChI=1S/C18H34N2O2/c1-15(16-6-4-3-5-7-16)12-17(21)20-13-18(14-22-2)8-10-19-11-9-18/h15-16,19H,3-14H2,1-2H3,(H,20,21). The van der Waals surface area contributed by atoms with Crippen molar-refractivity contribution in [1.82, 2.24) is 10.6 Å². The van der Waals surface area contributed by atoms with Crippen LogP contribution in [0.1, 0.15) is 58.3 Å². The van der Waals surface area contributed by atoms with Crippen molar-refractivity contribution in [1.29, 1.82) is 0 Å². The van der Waals surface area contributed by atoms with E-state index in [4.69, 9.17) is 4.74 Å². The van der Waals surface area contributed by atoms with Crippen molar-refractivity contribution in [2.75, 3.05) is 33.4 Å². The van der Waals surface area contributed by atoms with Gasteiger partial charge in [0.15, 0.2) is 0 Å². The number of nitrogens with one attached hydrogen (secondary N) is 2. The monoisotopic (exact) mass is 310 g/mol. The maximum absolute atomic E-state index is 12.3. The summed E-state index contributed by atoms with van der Waals surface area (Å²) in [7, 11) is 1.76. The van der Waals surface area contributed by atoms with Crippen molar-refractivity contribution in [2.24, 2.45) is 17.3 Å². The molecule has 1 aliphatic carbocycles. The number of carbonyl (C=O) groups excluding carboxylic acids is 1. The highest BCUT2D eigenvalue weighted by atomic mass is 16.5. The van der Waals surface area contributed by atoms with Crippen LogP contribution in [0, 0.1) is 17.3 Å². The lowest BCUT2D eigenvalue weighted by Gasteiger charge is -2.37. The molecule has 0 aromatic carbocycles. The van der Waals surface area contributed by atoms with Gasteiger partial charge in [-0.1, -0.05) is 39.0 Å². The van der Waals surface area contributed by atoms with Crippen LogP contribution in [-0.4, -0.2) is 39.3 Å². The van der Waals surface area contributed by atoms with Crippen molar-refractivity contribution in [3.63, 3.8) is 0 Å². The first kappa shape index (κ1) is 17.7. The highest BCUT2D eigenvalue weighted by molar-refractivity contribution is 5.76. The molecular weight excluding hydrogens is 276 g/mol. The van der Waals surface area contributed by atoms with Crippen molar-refractivity contribution in [2.45, 2.75) is 58.3 Å². The number of ether oxygens (including phenoxy) is 1. The molecule has 1 amide bonds. The molecule has 2 aliphatic rings. The Hall–Kier alpha value is -0.610. The lowest BCUT2D eigenvalue weighted by atomic mass is 9.78. The largest absolute Gasteiger partial charge is 0.384 e. The van der Waals surface area contributed by atoms with E-state index < -0.39 is 0 Å². The topological polar surface area (TPSA) is 50.4 Å². The third-order valence-electron chi connectivity index (χ3n) is 5.74. The number of hydrogen-bond acceptors (Lipinski definition) is 3. The van der Waals surface area contributed by atoms with Crippen LogP contribution in [0.2, 0.25) is 0 Å². The van der Waals surface area contributed by atoms with Gasteiger partial charge >= 0.3 is 0 Å². The molecule has 0 aromatic rings. The average molecular weight is 310 g/mol. The minimum atomic E-state index is 0.129. The Morgan fingerprint density at radius 2 is 1.95 bits per heavy atom. The molecule has 1 atom stereocenters. The molecule has 128 valence electrons. The number of piperidine rings is 1. The first-order valence-electron chi connectivity index (χ1n) is 9.11. The summed E-state index contributed by atoms with van der Waals surface area (Å²) >= 11 is 0. The molecule has 4 heteroatoms. The number of carbonyl (C=O) groups is 1. The van der Waals surface area contributed by atoms with E-state index in [0.29, 0.717) is 12.3 Å². The summed E-state index contributed by atoms with van der Waals surface area (Å²) in [5.74, 6) is 1.50. The second-order valence-corrected chi connectivity index (χ2v) is 7.54. The Kier molecular flexibility index (Phi) is 7.16. The van der Waals surface area contributed by atoms with Gasteiger partial charge in [-0.05, 0) is 37.8 Å². The zero-order valence-electron chi connectivity index (χ0n) is 14.5. The molecule has 0 bridgehead atoms. The van der Waals surface area contributed by atoms with Crippen molar-refractivity contribution >= 4 is 5.91 Å². The zero-order valence-corrected chi connectivity index (χ0v) is 14.5. The van der Waals surface area contributed by atoms with Crippen molar-refractivity contribution in [3.8, 4) is 0 Å². The Balaban J connectivity index is 1.75. The third-order valence-corrected chi connectivity index (χ3v) is 5.74. The van der Waals surface area contributed by atoms with Crippen LogP contribution in [0.3, 0.4) is 0 Å². The van der Waals surface area contributed by atoms with Gasteiger partial charge in [0.2, 0.25) is 5.91 Å². The molecule has 2 fully saturated rings. The Morgan fingerprint density at radius 3 is 2.59 bits per heavy atom. The predicted molar refractivity (Wildman–Crippen MR) is 89.8 cm³/mol. The summed E-state index contributed by atoms with van der Waals surface area (Å²) in [6.07, 6.45) is 9.55. The maximum Gasteiger partial charge on any atom is 0.220 e. The molecule has 1 heterocycles. The van der Waals surface area contributed by atoms with Crippen LogP contribution in [0.25, 0.3) is 0 Å². The van der Waals surface area contributed by atoms with Gasteiger partial charge < -0.3 is 15.4 Å². The van der Waals surface area contributed by atoms with Crippen LogP contribution < -0.4 is 10.6 Å². The summed E-state index contributed by atoms with van der Waals surface area (Å²) in [5, 5.41) is 6.59. The normalized spacial score (nSPS) is 23.9. The van der Waals surface area contributed by atoms with Crippen LogP contribution in [0.5, 0.6) is 0 Å². The maximum atomic E-state index is 12.3.